The molecule has 0 amide bonds. The minimum Gasteiger partial charge on any atom is -0.394 e. The highest BCUT2D eigenvalue weighted by atomic mass is 16.3. The van der Waals surface area contributed by atoms with E-state index in [0.29, 0.717) is 0 Å². The Morgan fingerprint density at radius 2 is 2.35 bits per heavy atom. The van der Waals surface area contributed by atoms with Gasteiger partial charge in [0.15, 0.2) is 0 Å². The van der Waals surface area contributed by atoms with Crippen molar-refractivity contribution in [1.29, 1.82) is 0 Å². The lowest BCUT2D eigenvalue weighted by atomic mass is 10.2. The molecule has 0 spiro atoms. The third-order valence-electron chi connectivity index (χ3n) is 3.41. The molecule has 1 fully saturated rings. The van der Waals surface area contributed by atoms with E-state index in [1.165, 1.54) is 0 Å². The normalized spacial score (nSPS) is 20.1. The summed E-state index contributed by atoms with van der Waals surface area (Å²) in [5, 5.41) is 13.0. The summed E-state index contributed by atoms with van der Waals surface area (Å²) in [7, 11) is 0. The number of aliphatic hydroxyl groups excluding tert-OH is 1. The van der Waals surface area contributed by atoms with Crippen LogP contribution in [0.1, 0.15) is 25.1 Å². The van der Waals surface area contributed by atoms with Crippen LogP contribution in [-0.4, -0.2) is 52.3 Å². The highest BCUT2D eigenvalue weighted by Gasteiger charge is 2.23. The van der Waals surface area contributed by atoms with Crippen molar-refractivity contribution in [3.63, 3.8) is 0 Å². The number of aliphatic hydroxyl groups is 1. The molecule has 2 rings (SSSR count). The Hall–Kier alpha value is -0.910. The van der Waals surface area contributed by atoms with Crippen molar-refractivity contribution in [2.45, 2.75) is 25.9 Å². The Balaban J connectivity index is 2.14. The van der Waals surface area contributed by atoms with Crippen LogP contribution in [0.25, 0.3) is 0 Å². The summed E-state index contributed by atoms with van der Waals surface area (Å²) in [5.74, 6) is 0. The number of nitrogens with zero attached hydrogens (tertiary/aromatic N) is 3. The molecule has 1 aromatic rings. The molecule has 17 heavy (non-hydrogen) atoms. The van der Waals surface area contributed by atoms with Gasteiger partial charge >= 0.3 is 0 Å². The summed E-state index contributed by atoms with van der Waals surface area (Å²) in [4.78, 5) is 6.54. The van der Waals surface area contributed by atoms with Crippen LogP contribution in [0.3, 0.4) is 0 Å². The highest BCUT2D eigenvalue weighted by Crippen LogP contribution is 2.20. The maximum absolute atomic E-state index is 9.66. The van der Waals surface area contributed by atoms with Gasteiger partial charge in [-0.3, -0.25) is 4.90 Å². The first-order valence-electron chi connectivity index (χ1n) is 6.42. The van der Waals surface area contributed by atoms with E-state index in [1.54, 1.807) is 0 Å². The predicted octanol–water partition coefficient (Wildman–Crippen LogP) is 0.232. The molecule has 2 heterocycles. The molecular formula is C12H22N4O. The van der Waals surface area contributed by atoms with Gasteiger partial charge in [-0.1, -0.05) is 0 Å². The van der Waals surface area contributed by atoms with Gasteiger partial charge in [0.1, 0.15) is 0 Å². The van der Waals surface area contributed by atoms with Gasteiger partial charge in [0.05, 0.1) is 24.7 Å². The van der Waals surface area contributed by atoms with Crippen LogP contribution >= 0.6 is 0 Å². The molecule has 0 radical (unpaired) electrons. The summed E-state index contributed by atoms with van der Waals surface area (Å²) < 4.78 is 2.11. The van der Waals surface area contributed by atoms with Crippen LogP contribution in [0.15, 0.2) is 12.5 Å². The molecule has 1 unspecified atom stereocenters. The summed E-state index contributed by atoms with van der Waals surface area (Å²) >= 11 is 0. The molecule has 1 atom stereocenters. The molecule has 1 aromatic heterocycles. The first-order valence-corrected chi connectivity index (χ1v) is 6.42. The van der Waals surface area contributed by atoms with Gasteiger partial charge < -0.3 is 15.0 Å². The zero-order valence-corrected chi connectivity index (χ0v) is 10.5. The molecule has 1 aliphatic heterocycles. The molecule has 0 bridgehead atoms. The molecule has 5 heteroatoms. The average molecular weight is 238 g/mol. The Bertz CT molecular complexity index is 331. The maximum atomic E-state index is 9.66. The molecule has 0 saturated carbocycles. The van der Waals surface area contributed by atoms with Crippen LogP contribution in [0.2, 0.25) is 0 Å². The average Bonchev–Trinajstić information content (AvgIpc) is 2.65. The van der Waals surface area contributed by atoms with E-state index in [0.717, 1.165) is 44.8 Å². The molecule has 1 saturated heterocycles. The van der Waals surface area contributed by atoms with Crippen molar-refractivity contribution < 1.29 is 5.11 Å². The molecule has 5 nitrogen and oxygen atoms in total. The first kappa shape index (κ1) is 12.5. The number of rotatable bonds is 4. The smallest absolute Gasteiger partial charge is 0.0948 e. The summed E-state index contributed by atoms with van der Waals surface area (Å²) in [5.41, 5.74) is 1.12. The number of nitrogens with one attached hydrogen (secondary N) is 1. The number of aromatic nitrogens is 2. The van der Waals surface area contributed by atoms with Crippen LogP contribution < -0.4 is 5.32 Å². The fourth-order valence-electron chi connectivity index (χ4n) is 2.45. The second kappa shape index (κ2) is 6.14. The number of hydrogen-bond donors (Lipinski definition) is 2. The van der Waals surface area contributed by atoms with E-state index in [9.17, 15) is 5.11 Å². The van der Waals surface area contributed by atoms with E-state index < -0.39 is 0 Å². The Morgan fingerprint density at radius 3 is 3.12 bits per heavy atom. The maximum Gasteiger partial charge on any atom is 0.0948 e. The minimum atomic E-state index is 0.0809. The second-order valence-corrected chi connectivity index (χ2v) is 4.44. The first-order chi connectivity index (χ1) is 8.36. The molecular weight excluding hydrogens is 216 g/mol. The fraction of sp³-hybridized carbons (Fsp3) is 0.750. The molecule has 96 valence electrons. The molecule has 0 aliphatic carbocycles. The van der Waals surface area contributed by atoms with Crippen molar-refractivity contribution >= 4 is 0 Å². The molecule has 0 aromatic carbocycles. The summed E-state index contributed by atoms with van der Waals surface area (Å²) in [6.07, 6.45) is 4.85. The predicted molar refractivity (Wildman–Crippen MR) is 66.8 cm³/mol. The number of aryl methyl sites for hydroxylation is 1. The van der Waals surface area contributed by atoms with E-state index in [1.807, 2.05) is 12.5 Å². The summed E-state index contributed by atoms with van der Waals surface area (Å²) in [6.45, 7) is 7.25. The third-order valence-corrected chi connectivity index (χ3v) is 3.41. The van der Waals surface area contributed by atoms with E-state index >= 15 is 0 Å². The lowest BCUT2D eigenvalue weighted by Crippen LogP contribution is -2.35. The highest BCUT2D eigenvalue weighted by molar-refractivity contribution is 5.06. The van der Waals surface area contributed by atoms with Gasteiger partial charge in [0.25, 0.3) is 0 Å². The van der Waals surface area contributed by atoms with E-state index in [4.69, 9.17) is 0 Å². The third kappa shape index (κ3) is 2.86. The quantitative estimate of drug-likeness (QED) is 0.788. The Morgan fingerprint density at radius 1 is 1.47 bits per heavy atom. The number of imidazole rings is 1. The van der Waals surface area contributed by atoms with Crippen molar-refractivity contribution in [2.75, 3.05) is 32.8 Å². The van der Waals surface area contributed by atoms with Crippen molar-refractivity contribution in [2.24, 2.45) is 0 Å². The monoisotopic (exact) mass is 238 g/mol. The van der Waals surface area contributed by atoms with Gasteiger partial charge in [0.2, 0.25) is 0 Å². The van der Waals surface area contributed by atoms with Crippen molar-refractivity contribution in [3.05, 3.63) is 18.2 Å². The topological polar surface area (TPSA) is 53.3 Å². The molecule has 1 aliphatic rings. The summed E-state index contributed by atoms with van der Waals surface area (Å²) in [6, 6.07) is 0.0809. The molecule has 2 N–H and O–H groups in total. The van der Waals surface area contributed by atoms with Crippen LogP contribution in [0.4, 0.5) is 0 Å². The second-order valence-electron chi connectivity index (χ2n) is 4.44. The minimum absolute atomic E-state index is 0.0809. The zero-order chi connectivity index (χ0) is 12.1. The van der Waals surface area contributed by atoms with Gasteiger partial charge in [0, 0.05) is 32.4 Å². The Kier molecular flexibility index (Phi) is 4.53. The SMILES string of the molecule is CCn1cncc1C(CO)N1CCCNCC1. The van der Waals surface area contributed by atoms with Crippen LogP contribution in [0.5, 0.6) is 0 Å². The number of hydrogen-bond acceptors (Lipinski definition) is 4. The Labute approximate surface area is 102 Å². The van der Waals surface area contributed by atoms with E-state index in [-0.39, 0.29) is 12.6 Å². The lowest BCUT2D eigenvalue weighted by molar-refractivity contribution is 0.124. The van der Waals surface area contributed by atoms with Gasteiger partial charge in [-0.25, -0.2) is 4.98 Å². The van der Waals surface area contributed by atoms with Gasteiger partial charge in [-0.15, -0.1) is 0 Å². The van der Waals surface area contributed by atoms with Crippen molar-refractivity contribution in [1.82, 2.24) is 19.8 Å². The van der Waals surface area contributed by atoms with Gasteiger partial charge in [-0.2, -0.15) is 0 Å². The van der Waals surface area contributed by atoms with Crippen molar-refractivity contribution in [3.8, 4) is 0 Å². The van der Waals surface area contributed by atoms with Crippen LogP contribution in [-0.2, 0) is 6.54 Å². The van der Waals surface area contributed by atoms with Crippen LogP contribution in [0, 0.1) is 0 Å². The standard InChI is InChI=1S/C12H22N4O/c1-2-15-10-14-8-11(15)12(9-17)16-6-3-4-13-5-7-16/h8,10,12-13,17H,2-7,9H2,1H3. The lowest BCUT2D eigenvalue weighted by Gasteiger charge is -2.29. The fourth-order valence-corrected chi connectivity index (χ4v) is 2.45. The zero-order valence-electron chi connectivity index (χ0n) is 10.5. The van der Waals surface area contributed by atoms with E-state index in [2.05, 4.69) is 26.7 Å². The van der Waals surface area contributed by atoms with Gasteiger partial charge in [-0.05, 0) is 19.9 Å². The largest absolute Gasteiger partial charge is 0.394 e.